The fourth-order valence-electron chi connectivity index (χ4n) is 2.75. The first-order valence-electron chi connectivity index (χ1n) is 6.34. The predicted octanol–water partition coefficient (Wildman–Crippen LogP) is 1.18. The molecule has 16 heavy (non-hydrogen) atoms. The lowest BCUT2D eigenvalue weighted by molar-refractivity contribution is 0.0252. The van der Waals surface area contributed by atoms with Crippen molar-refractivity contribution < 1.29 is 4.74 Å². The van der Waals surface area contributed by atoms with Crippen LogP contribution in [0.5, 0.6) is 0 Å². The minimum Gasteiger partial charge on any atom is -0.381 e. The van der Waals surface area contributed by atoms with E-state index in [2.05, 4.69) is 11.9 Å². The lowest BCUT2D eigenvalue weighted by Gasteiger charge is -2.40. The number of hydrogen-bond donors (Lipinski definition) is 1. The summed E-state index contributed by atoms with van der Waals surface area (Å²) < 4.78 is 5.55. The Morgan fingerprint density at radius 1 is 1.56 bits per heavy atom. The number of ether oxygens (including phenoxy) is 1. The topological polar surface area (TPSA) is 38.5 Å². The number of nitrogens with two attached hydrogens (primary N) is 1. The molecule has 0 radical (unpaired) electrons. The second kappa shape index (κ2) is 5.71. The van der Waals surface area contributed by atoms with Crippen molar-refractivity contribution in [3.05, 3.63) is 0 Å². The van der Waals surface area contributed by atoms with Gasteiger partial charge in [-0.3, -0.25) is 4.90 Å². The summed E-state index contributed by atoms with van der Waals surface area (Å²) in [5.41, 5.74) is 6.25. The molecule has 3 nitrogen and oxygen atoms in total. The van der Waals surface area contributed by atoms with Crippen LogP contribution >= 0.6 is 11.8 Å². The summed E-state index contributed by atoms with van der Waals surface area (Å²) in [7, 11) is 2.24. The van der Waals surface area contributed by atoms with Gasteiger partial charge in [-0.15, -0.1) is 0 Å². The molecule has 2 aliphatic heterocycles. The summed E-state index contributed by atoms with van der Waals surface area (Å²) in [5, 5.41) is 0. The van der Waals surface area contributed by atoms with E-state index < -0.39 is 0 Å². The molecule has 4 heteroatoms. The van der Waals surface area contributed by atoms with Crippen LogP contribution in [0, 0.1) is 5.92 Å². The van der Waals surface area contributed by atoms with Gasteiger partial charge in [-0.2, -0.15) is 11.8 Å². The SMILES string of the molecule is CN(CC1CCCOC1)C1(CN)CCSC1. The smallest absolute Gasteiger partial charge is 0.0506 e. The van der Waals surface area contributed by atoms with E-state index >= 15 is 0 Å². The van der Waals surface area contributed by atoms with Crippen LogP contribution in [-0.2, 0) is 4.74 Å². The monoisotopic (exact) mass is 244 g/mol. The summed E-state index contributed by atoms with van der Waals surface area (Å²) in [6, 6.07) is 0. The Labute approximate surface area is 103 Å². The fourth-order valence-corrected chi connectivity index (χ4v) is 4.28. The van der Waals surface area contributed by atoms with Crippen molar-refractivity contribution in [2.75, 3.05) is 44.9 Å². The maximum absolute atomic E-state index is 5.99. The Kier molecular flexibility index (Phi) is 4.53. The maximum Gasteiger partial charge on any atom is 0.0506 e. The van der Waals surface area contributed by atoms with Gasteiger partial charge in [-0.25, -0.2) is 0 Å². The van der Waals surface area contributed by atoms with Gasteiger partial charge in [0.05, 0.1) is 6.61 Å². The maximum atomic E-state index is 5.99. The minimum absolute atomic E-state index is 0.266. The van der Waals surface area contributed by atoms with Crippen molar-refractivity contribution in [1.82, 2.24) is 4.90 Å². The number of rotatable bonds is 4. The molecule has 2 aliphatic rings. The molecule has 0 aromatic heterocycles. The molecule has 2 atom stereocenters. The van der Waals surface area contributed by atoms with Crippen molar-refractivity contribution in [3.63, 3.8) is 0 Å². The Balaban J connectivity index is 1.87. The summed E-state index contributed by atoms with van der Waals surface area (Å²) >= 11 is 2.04. The third-order valence-electron chi connectivity index (χ3n) is 4.06. The Morgan fingerprint density at radius 3 is 3.00 bits per heavy atom. The molecule has 0 aliphatic carbocycles. The van der Waals surface area contributed by atoms with Crippen molar-refractivity contribution in [2.24, 2.45) is 11.7 Å². The van der Waals surface area contributed by atoms with Crippen molar-refractivity contribution >= 4 is 11.8 Å². The number of thioether (sulfide) groups is 1. The third kappa shape index (κ3) is 2.73. The molecule has 2 saturated heterocycles. The van der Waals surface area contributed by atoms with Crippen LogP contribution < -0.4 is 5.73 Å². The standard InChI is InChI=1S/C12H24N2OS/c1-14(7-11-3-2-5-15-8-11)12(9-13)4-6-16-10-12/h11H,2-10,13H2,1H3. The molecular weight excluding hydrogens is 220 g/mol. The van der Waals surface area contributed by atoms with Crippen LogP contribution in [-0.4, -0.2) is 55.3 Å². The van der Waals surface area contributed by atoms with Gasteiger partial charge in [0.25, 0.3) is 0 Å². The molecule has 2 heterocycles. The van der Waals surface area contributed by atoms with Gasteiger partial charge in [0.1, 0.15) is 0 Å². The Bertz CT molecular complexity index is 213. The highest BCUT2D eigenvalue weighted by Gasteiger charge is 2.37. The highest BCUT2D eigenvalue weighted by atomic mass is 32.2. The average molecular weight is 244 g/mol. The van der Waals surface area contributed by atoms with Crippen LogP contribution in [0.2, 0.25) is 0 Å². The van der Waals surface area contributed by atoms with Crippen LogP contribution in [0.25, 0.3) is 0 Å². The van der Waals surface area contributed by atoms with E-state index in [0.717, 1.165) is 26.3 Å². The Hall–Kier alpha value is 0.230. The number of nitrogens with zero attached hydrogens (tertiary/aromatic N) is 1. The van der Waals surface area contributed by atoms with Crippen molar-refractivity contribution in [2.45, 2.75) is 24.8 Å². The molecule has 0 aromatic carbocycles. The molecule has 2 N–H and O–H groups in total. The van der Waals surface area contributed by atoms with Crippen molar-refractivity contribution in [1.29, 1.82) is 0 Å². The first-order valence-corrected chi connectivity index (χ1v) is 7.49. The van der Waals surface area contributed by atoms with E-state index in [1.165, 1.54) is 30.8 Å². The third-order valence-corrected chi connectivity index (χ3v) is 5.29. The van der Waals surface area contributed by atoms with Gasteiger partial charge in [0.15, 0.2) is 0 Å². The van der Waals surface area contributed by atoms with E-state index in [9.17, 15) is 0 Å². The summed E-state index contributed by atoms with van der Waals surface area (Å²) in [5.74, 6) is 3.18. The molecule has 0 amide bonds. The van der Waals surface area contributed by atoms with Crippen LogP contribution in [0.1, 0.15) is 19.3 Å². The fraction of sp³-hybridized carbons (Fsp3) is 1.00. The molecule has 2 fully saturated rings. The van der Waals surface area contributed by atoms with E-state index in [1.807, 2.05) is 11.8 Å². The summed E-state index contributed by atoms with van der Waals surface area (Å²) in [6.45, 7) is 3.85. The van der Waals surface area contributed by atoms with E-state index in [4.69, 9.17) is 10.5 Å². The van der Waals surface area contributed by atoms with Gasteiger partial charge in [-0.1, -0.05) is 0 Å². The molecule has 94 valence electrons. The van der Waals surface area contributed by atoms with Crippen LogP contribution in [0.15, 0.2) is 0 Å². The second-order valence-electron chi connectivity index (χ2n) is 5.19. The van der Waals surface area contributed by atoms with Gasteiger partial charge in [0, 0.05) is 31.0 Å². The largest absolute Gasteiger partial charge is 0.381 e. The molecule has 0 spiro atoms. The lowest BCUT2D eigenvalue weighted by Crippen LogP contribution is -2.54. The highest BCUT2D eigenvalue weighted by molar-refractivity contribution is 7.99. The zero-order valence-electron chi connectivity index (χ0n) is 10.3. The summed E-state index contributed by atoms with van der Waals surface area (Å²) in [4.78, 5) is 2.51. The van der Waals surface area contributed by atoms with E-state index in [1.54, 1.807) is 0 Å². The molecule has 0 aromatic rings. The van der Waals surface area contributed by atoms with Crippen LogP contribution in [0.4, 0.5) is 0 Å². The van der Waals surface area contributed by atoms with Gasteiger partial charge in [0.2, 0.25) is 0 Å². The first kappa shape index (κ1) is 12.7. The predicted molar refractivity (Wildman–Crippen MR) is 69.9 cm³/mol. The van der Waals surface area contributed by atoms with Gasteiger partial charge >= 0.3 is 0 Å². The molecule has 2 rings (SSSR count). The van der Waals surface area contributed by atoms with Crippen molar-refractivity contribution in [3.8, 4) is 0 Å². The lowest BCUT2D eigenvalue weighted by atomic mass is 9.94. The number of likely N-dealkylation sites (N-methyl/N-ethyl adjacent to an activating group) is 1. The Morgan fingerprint density at radius 2 is 2.44 bits per heavy atom. The van der Waals surface area contributed by atoms with Gasteiger partial charge < -0.3 is 10.5 Å². The molecule has 2 unspecified atom stereocenters. The zero-order valence-corrected chi connectivity index (χ0v) is 11.1. The molecule has 0 saturated carbocycles. The highest BCUT2D eigenvalue weighted by Crippen LogP contribution is 2.32. The van der Waals surface area contributed by atoms with E-state index in [-0.39, 0.29) is 5.54 Å². The van der Waals surface area contributed by atoms with Gasteiger partial charge in [-0.05, 0) is 38.0 Å². The second-order valence-corrected chi connectivity index (χ2v) is 6.30. The number of hydrogen-bond acceptors (Lipinski definition) is 4. The summed E-state index contributed by atoms with van der Waals surface area (Å²) in [6.07, 6.45) is 3.79. The minimum atomic E-state index is 0.266. The molecule has 0 bridgehead atoms. The first-order chi connectivity index (χ1) is 7.77. The normalized spacial score (nSPS) is 35.8. The van der Waals surface area contributed by atoms with E-state index in [0.29, 0.717) is 5.92 Å². The zero-order chi connectivity index (χ0) is 11.4. The van der Waals surface area contributed by atoms with Crippen LogP contribution in [0.3, 0.4) is 0 Å². The quantitative estimate of drug-likeness (QED) is 0.806. The molecular formula is C12H24N2OS. The average Bonchev–Trinajstić information content (AvgIpc) is 2.80.